The SMILES string of the molecule is O=C(CC(F)(F)F)c1ccc2c(c1)OCCCO2. The van der Waals surface area contributed by atoms with Crippen LogP contribution >= 0.6 is 0 Å². The summed E-state index contributed by atoms with van der Waals surface area (Å²) >= 11 is 0. The molecule has 6 heteroatoms. The van der Waals surface area contributed by atoms with Crippen molar-refractivity contribution in [2.45, 2.75) is 19.0 Å². The summed E-state index contributed by atoms with van der Waals surface area (Å²) in [6.45, 7) is 0.909. The number of ether oxygens (including phenoxy) is 2. The fourth-order valence-corrected chi connectivity index (χ4v) is 1.62. The second kappa shape index (κ2) is 4.88. The zero-order chi connectivity index (χ0) is 13.2. The third-order valence-corrected chi connectivity index (χ3v) is 2.43. The van der Waals surface area contributed by atoms with Crippen LogP contribution in [0.5, 0.6) is 11.5 Å². The highest BCUT2D eigenvalue weighted by Gasteiger charge is 2.31. The zero-order valence-corrected chi connectivity index (χ0v) is 9.42. The van der Waals surface area contributed by atoms with Gasteiger partial charge < -0.3 is 9.47 Å². The predicted octanol–water partition coefficient (Wildman–Crippen LogP) is 2.98. The third-order valence-electron chi connectivity index (χ3n) is 2.43. The van der Waals surface area contributed by atoms with E-state index < -0.39 is 18.4 Å². The zero-order valence-electron chi connectivity index (χ0n) is 9.42. The molecule has 2 rings (SSSR count). The van der Waals surface area contributed by atoms with Gasteiger partial charge in [-0.05, 0) is 18.2 Å². The Kier molecular flexibility index (Phi) is 3.45. The van der Waals surface area contributed by atoms with E-state index in [-0.39, 0.29) is 5.56 Å². The maximum Gasteiger partial charge on any atom is 0.396 e. The topological polar surface area (TPSA) is 35.5 Å². The van der Waals surface area contributed by atoms with Crippen molar-refractivity contribution in [1.29, 1.82) is 0 Å². The van der Waals surface area contributed by atoms with Gasteiger partial charge in [0.25, 0.3) is 0 Å². The summed E-state index contributed by atoms with van der Waals surface area (Å²) in [6, 6.07) is 4.08. The van der Waals surface area contributed by atoms with Gasteiger partial charge in [0.15, 0.2) is 17.3 Å². The molecule has 3 nitrogen and oxygen atoms in total. The van der Waals surface area contributed by atoms with Gasteiger partial charge in [0.05, 0.1) is 13.2 Å². The second-order valence-electron chi connectivity index (χ2n) is 3.93. The summed E-state index contributed by atoms with van der Waals surface area (Å²) in [4.78, 5) is 11.4. The van der Waals surface area contributed by atoms with Crippen LogP contribution in [0.25, 0.3) is 0 Å². The summed E-state index contributed by atoms with van der Waals surface area (Å²) in [5.74, 6) is -0.199. The molecule has 0 aromatic heterocycles. The highest BCUT2D eigenvalue weighted by Crippen LogP contribution is 2.31. The van der Waals surface area contributed by atoms with Gasteiger partial charge in [-0.1, -0.05) is 0 Å². The van der Waals surface area contributed by atoms with Gasteiger partial charge in [0.2, 0.25) is 0 Å². The van der Waals surface area contributed by atoms with E-state index in [1.165, 1.54) is 18.2 Å². The van der Waals surface area contributed by atoms with Crippen LogP contribution in [0.1, 0.15) is 23.2 Å². The van der Waals surface area contributed by atoms with Gasteiger partial charge >= 0.3 is 6.18 Å². The summed E-state index contributed by atoms with van der Waals surface area (Å²) in [7, 11) is 0. The van der Waals surface area contributed by atoms with E-state index in [1.807, 2.05) is 0 Å². The van der Waals surface area contributed by atoms with Crippen molar-refractivity contribution in [1.82, 2.24) is 0 Å². The Morgan fingerprint density at radius 2 is 1.83 bits per heavy atom. The number of halogens is 3. The molecule has 0 atom stereocenters. The number of rotatable bonds is 2. The molecule has 0 amide bonds. The Hall–Kier alpha value is -1.72. The molecule has 0 N–H and O–H groups in total. The van der Waals surface area contributed by atoms with E-state index in [2.05, 4.69) is 0 Å². The average Bonchev–Trinajstić information content (AvgIpc) is 2.50. The highest BCUT2D eigenvalue weighted by atomic mass is 19.4. The molecule has 0 saturated heterocycles. The van der Waals surface area contributed by atoms with Crippen LogP contribution in [0.4, 0.5) is 13.2 Å². The van der Waals surface area contributed by atoms with E-state index in [1.54, 1.807) is 0 Å². The van der Waals surface area contributed by atoms with Gasteiger partial charge in [-0.15, -0.1) is 0 Å². The Bertz CT molecular complexity index is 454. The molecule has 1 aromatic carbocycles. The van der Waals surface area contributed by atoms with Crippen LogP contribution in [0, 0.1) is 0 Å². The van der Waals surface area contributed by atoms with Gasteiger partial charge in [-0.3, -0.25) is 4.79 Å². The first-order valence-electron chi connectivity index (χ1n) is 5.45. The Labute approximate surface area is 102 Å². The van der Waals surface area contributed by atoms with Crippen LogP contribution in [0.2, 0.25) is 0 Å². The first-order chi connectivity index (χ1) is 8.46. The fourth-order valence-electron chi connectivity index (χ4n) is 1.62. The molecular weight excluding hydrogens is 249 g/mol. The molecule has 0 bridgehead atoms. The summed E-state index contributed by atoms with van der Waals surface area (Å²) in [5.41, 5.74) is -0.0171. The number of ketones is 1. The van der Waals surface area contributed by atoms with E-state index in [4.69, 9.17) is 9.47 Å². The van der Waals surface area contributed by atoms with Crippen LogP contribution in [-0.2, 0) is 0 Å². The van der Waals surface area contributed by atoms with Crippen molar-refractivity contribution in [2.24, 2.45) is 0 Å². The number of Topliss-reactive ketones (excluding diaryl/α,β-unsaturated/α-hetero) is 1. The highest BCUT2D eigenvalue weighted by molar-refractivity contribution is 5.97. The molecule has 98 valence electrons. The smallest absolute Gasteiger partial charge is 0.396 e. The molecule has 18 heavy (non-hydrogen) atoms. The van der Waals surface area contributed by atoms with Gasteiger partial charge in [0, 0.05) is 12.0 Å². The number of carbonyl (C=O) groups is 1. The van der Waals surface area contributed by atoms with Crippen LogP contribution in [-0.4, -0.2) is 25.2 Å². The largest absolute Gasteiger partial charge is 0.490 e. The third kappa shape index (κ3) is 3.15. The van der Waals surface area contributed by atoms with E-state index in [9.17, 15) is 18.0 Å². The Balaban J connectivity index is 2.20. The fraction of sp³-hybridized carbons (Fsp3) is 0.417. The summed E-state index contributed by atoms with van der Waals surface area (Å²) in [6.07, 6.45) is -5.27. The van der Waals surface area contributed by atoms with Crippen molar-refractivity contribution >= 4 is 5.78 Å². The number of hydrogen-bond donors (Lipinski definition) is 0. The quantitative estimate of drug-likeness (QED) is 0.767. The van der Waals surface area contributed by atoms with Crippen molar-refractivity contribution in [3.63, 3.8) is 0 Å². The maximum atomic E-state index is 12.1. The lowest BCUT2D eigenvalue weighted by molar-refractivity contribution is -0.125. The van der Waals surface area contributed by atoms with Crippen LogP contribution < -0.4 is 9.47 Å². The van der Waals surface area contributed by atoms with Gasteiger partial charge in [-0.2, -0.15) is 13.2 Å². The van der Waals surface area contributed by atoms with Crippen molar-refractivity contribution in [2.75, 3.05) is 13.2 Å². The first-order valence-corrected chi connectivity index (χ1v) is 5.45. The minimum Gasteiger partial charge on any atom is -0.490 e. The number of benzene rings is 1. The lowest BCUT2D eigenvalue weighted by atomic mass is 10.1. The summed E-state index contributed by atoms with van der Waals surface area (Å²) < 4.78 is 47.0. The molecule has 0 spiro atoms. The summed E-state index contributed by atoms with van der Waals surface area (Å²) in [5, 5.41) is 0. The van der Waals surface area contributed by atoms with Crippen LogP contribution in [0.3, 0.4) is 0 Å². The molecule has 1 heterocycles. The van der Waals surface area contributed by atoms with Crippen molar-refractivity contribution < 1.29 is 27.4 Å². The minimum absolute atomic E-state index is 0.0171. The molecule has 1 aromatic rings. The normalized spacial score (nSPS) is 15.1. The number of carbonyl (C=O) groups excluding carboxylic acids is 1. The van der Waals surface area contributed by atoms with Crippen molar-refractivity contribution in [3.05, 3.63) is 23.8 Å². The lowest BCUT2D eigenvalue weighted by Crippen LogP contribution is -2.15. The monoisotopic (exact) mass is 260 g/mol. The van der Waals surface area contributed by atoms with E-state index in [0.717, 1.165) is 0 Å². The number of fused-ring (bicyclic) bond motifs is 1. The minimum atomic E-state index is -4.50. The average molecular weight is 260 g/mol. The molecule has 1 aliphatic rings. The van der Waals surface area contributed by atoms with Crippen molar-refractivity contribution in [3.8, 4) is 11.5 Å². The number of alkyl halides is 3. The van der Waals surface area contributed by atoms with Crippen LogP contribution in [0.15, 0.2) is 18.2 Å². The van der Waals surface area contributed by atoms with Gasteiger partial charge in [-0.25, -0.2) is 0 Å². The van der Waals surface area contributed by atoms with Gasteiger partial charge in [0.1, 0.15) is 6.42 Å². The Morgan fingerprint density at radius 1 is 1.17 bits per heavy atom. The lowest BCUT2D eigenvalue weighted by Gasteiger charge is -2.09. The molecule has 0 radical (unpaired) electrons. The first kappa shape index (κ1) is 12.7. The molecule has 0 unspecified atom stereocenters. The van der Waals surface area contributed by atoms with E-state index >= 15 is 0 Å². The Morgan fingerprint density at radius 3 is 2.50 bits per heavy atom. The number of hydrogen-bond acceptors (Lipinski definition) is 3. The second-order valence-corrected chi connectivity index (χ2v) is 3.93. The maximum absolute atomic E-state index is 12.1. The predicted molar refractivity (Wildman–Crippen MR) is 57.1 cm³/mol. The molecule has 0 saturated carbocycles. The molecule has 1 aliphatic heterocycles. The molecule has 0 fully saturated rings. The van der Waals surface area contributed by atoms with E-state index in [0.29, 0.717) is 31.1 Å². The molecule has 0 aliphatic carbocycles. The molecular formula is C12H11F3O3. The standard InChI is InChI=1S/C12H11F3O3/c13-12(14,15)7-9(16)8-2-3-10-11(6-8)18-5-1-4-17-10/h2-3,6H,1,4-5,7H2.